The highest BCUT2D eigenvalue weighted by Crippen LogP contribution is 2.28. The highest BCUT2D eigenvalue weighted by atomic mass is 16.5. The van der Waals surface area contributed by atoms with Gasteiger partial charge in [-0.1, -0.05) is 39.2 Å². The number of phenols is 1. The van der Waals surface area contributed by atoms with Crippen molar-refractivity contribution in [2.45, 2.75) is 46.0 Å². The molecule has 0 fully saturated rings. The second-order valence-electron chi connectivity index (χ2n) is 8.02. The van der Waals surface area contributed by atoms with Gasteiger partial charge in [-0.15, -0.1) is 0 Å². The third kappa shape index (κ3) is 7.31. The molecular weight excluding hydrogens is 458 g/mol. The number of rotatable bonds is 13. The summed E-state index contributed by atoms with van der Waals surface area (Å²) in [6, 6.07) is 6.78. The van der Waals surface area contributed by atoms with Crippen LogP contribution in [0.25, 0.3) is 11.3 Å². The van der Waals surface area contributed by atoms with Crippen LogP contribution in [0.15, 0.2) is 34.7 Å². The first-order valence-electron chi connectivity index (χ1n) is 11.4. The summed E-state index contributed by atoms with van der Waals surface area (Å²) >= 11 is 0. The van der Waals surface area contributed by atoms with Crippen LogP contribution in [0.5, 0.6) is 5.75 Å². The molecule has 2 atom stereocenters. The van der Waals surface area contributed by atoms with Gasteiger partial charge < -0.3 is 25.3 Å². The van der Waals surface area contributed by atoms with Crippen molar-refractivity contribution in [2.75, 3.05) is 6.67 Å². The van der Waals surface area contributed by atoms with Crippen LogP contribution in [0.1, 0.15) is 66.9 Å². The Morgan fingerprint density at radius 2 is 1.71 bits per heavy atom. The highest BCUT2D eigenvalue weighted by molar-refractivity contribution is 5.93. The molecule has 0 radical (unpaired) electrons. The van der Waals surface area contributed by atoms with Gasteiger partial charge in [0.25, 0.3) is 5.91 Å². The number of aromatic carboxylic acids is 1. The van der Waals surface area contributed by atoms with E-state index in [-0.39, 0.29) is 23.8 Å². The van der Waals surface area contributed by atoms with E-state index in [9.17, 15) is 24.3 Å². The predicted molar refractivity (Wildman–Crippen MR) is 125 cm³/mol. The van der Waals surface area contributed by atoms with E-state index in [1.807, 2.05) is 6.92 Å². The van der Waals surface area contributed by atoms with Crippen molar-refractivity contribution in [1.82, 2.24) is 16.1 Å². The van der Waals surface area contributed by atoms with E-state index in [1.54, 1.807) is 12.4 Å². The summed E-state index contributed by atoms with van der Waals surface area (Å²) in [5, 5.41) is 33.0. The lowest BCUT2D eigenvalue weighted by Crippen LogP contribution is -2.44. The molecule has 35 heavy (non-hydrogen) atoms. The molecule has 2 aromatic rings. The molecule has 11 nitrogen and oxygen atoms in total. The summed E-state index contributed by atoms with van der Waals surface area (Å²) in [5.41, 5.74) is 1.74. The molecule has 0 unspecified atom stereocenters. The average molecular weight is 490 g/mol. The van der Waals surface area contributed by atoms with Crippen molar-refractivity contribution >= 4 is 23.7 Å². The Kier molecular flexibility index (Phi) is 10.3. The number of carboxylic acid groups (broad SMARTS) is 1. The summed E-state index contributed by atoms with van der Waals surface area (Å²) in [6.45, 7) is 3.57. The van der Waals surface area contributed by atoms with E-state index in [4.69, 9.17) is 14.7 Å². The van der Waals surface area contributed by atoms with Crippen molar-refractivity contribution in [3.63, 3.8) is 0 Å². The third-order valence-electron chi connectivity index (χ3n) is 5.68. The number of hydroxylamine groups is 1. The molecule has 0 bridgehead atoms. The van der Waals surface area contributed by atoms with Crippen LogP contribution >= 0.6 is 0 Å². The molecule has 1 heterocycles. The smallest absolute Gasteiger partial charge is 0.339 e. The zero-order chi connectivity index (χ0) is 26.0. The molecule has 190 valence electrons. The predicted octanol–water partition coefficient (Wildman–Crippen LogP) is 2.88. The van der Waals surface area contributed by atoms with Crippen molar-refractivity contribution < 1.29 is 39.0 Å². The summed E-state index contributed by atoms with van der Waals surface area (Å²) in [5.74, 6) is -4.53. The van der Waals surface area contributed by atoms with E-state index in [2.05, 4.69) is 10.6 Å². The zero-order valence-electron chi connectivity index (χ0n) is 19.7. The lowest BCUT2D eigenvalue weighted by atomic mass is 9.84. The Bertz CT molecular complexity index is 1050. The topological polar surface area (TPSA) is 178 Å². The number of nitrogens with one attached hydrogen (secondary N) is 3. The molecule has 1 aromatic carbocycles. The standard InChI is InChI=1S/C24H31N3O8/c1-3-5-6-7-16(15(4-2)22(30)27-34)21(29)25-13-26-23(31)20-11-10-19(35-20)14-8-9-17(24(32)33)18(28)12-14/h8-12,15-16,28,34H,3-7,13H2,1-2H3,(H,25,29)(H,26,31)(H,27,30)(H,32,33)/t15-,16-/m1/s1. The highest BCUT2D eigenvalue weighted by Gasteiger charge is 2.32. The Labute approximate surface area is 202 Å². The summed E-state index contributed by atoms with van der Waals surface area (Å²) in [6.07, 6.45) is 3.42. The molecule has 11 heteroatoms. The molecule has 1 aromatic heterocycles. The summed E-state index contributed by atoms with van der Waals surface area (Å²) in [7, 11) is 0. The van der Waals surface area contributed by atoms with Gasteiger partial charge in [0.15, 0.2) is 5.76 Å². The first-order valence-corrected chi connectivity index (χ1v) is 11.4. The Morgan fingerprint density at radius 1 is 0.971 bits per heavy atom. The average Bonchev–Trinajstić information content (AvgIpc) is 3.33. The van der Waals surface area contributed by atoms with Crippen LogP contribution < -0.4 is 16.1 Å². The molecule has 3 amide bonds. The molecule has 0 aliphatic heterocycles. The van der Waals surface area contributed by atoms with Gasteiger partial charge in [0, 0.05) is 11.5 Å². The number of carbonyl (C=O) groups is 4. The quantitative estimate of drug-likeness (QED) is 0.108. The molecule has 0 aliphatic rings. The number of carboxylic acids is 1. The zero-order valence-corrected chi connectivity index (χ0v) is 19.7. The van der Waals surface area contributed by atoms with E-state index >= 15 is 0 Å². The SMILES string of the molecule is CCCCC[C@@H](C(=O)NCNC(=O)c1ccc(-c2ccc(C(=O)O)c(O)c2)o1)[C@@H](CC)C(=O)NO. The van der Waals surface area contributed by atoms with Crippen LogP contribution in [0.3, 0.4) is 0 Å². The molecule has 0 saturated carbocycles. The number of benzene rings is 1. The number of amides is 3. The van der Waals surface area contributed by atoms with Crippen LogP contribution in [-0.2, 0) is 9.59 Å². The van der Waals surface area contributed by atoms with Gasteiger partial charge in [-0.3, -0.25) is 19.6 Å². The lowest BCUT2D eigenvalue weighted by Gasteiger charge is -2.24. The van der Waals surface area contributed by atoms with Gasteiger partial charge in [-0.05, 0) is 37.1 Å². The molecule has 0 saturated heterocycles. The fourth-order valence-electron chi connectivity index (χ4n) is 3.78. The number of carbonyl (C=O) groups excluding carboxylic acids is 3. The minimum atomic E-state index is -1.27. The normalized spacial score (nSPS) is 12.4. The van der Waals surface area contributed by atoms with Gasteiger partial charge >= 0.3 is 5.97 Å². The van der Waals surface area contributed by atoms with E-state index in [0.29, 0.717) is 18.4 Å². The van der Waals surface area contributed by atoms with Crippen molar-refractivity contribution in [2.24, 2.45) is 11.8 Å². The van der Waals surface area contributed by atoms with Crippen molar-refractivity contribution in [1.29, 1.82) is 0 Å². The summed E-state index contributed by atoms with van der Waals surface area (Å²) < 4.78 is 5.49. The number of aromatic hydroxyl groups is 1. The Morgan fingerprint density at radius 3 is 2.31 bits per heavy atom. The van der Waals surface area contributed by atoms with Gasteiger partial charge in [0.1, 0.15) is 17.1 Å². The van der Waals surface area contributed by atoms with Crippen LogP contribution in [0.2, 0.25) is 0 Å². The number of hydrogen-bond acceptors (Lipinski definition) is 7. The first kappa shape index (κ1) is 27.4. The maximum atomic E-state index is 12.8. The molecule has 2 rings (SSSR count). The number of furan rings is 1. The summed E-state index contributed by atoms with van der Waals surface area (Å²) in [4.78, 5) is 48.2. The lowest BCUT2D eigenvalue weighted by molar-refractivity contribution is -0.140. The third-order valence-corrected chi connectivity index (χ3v) is 5.68. The fourth-order valence-corrected chi connectivity index (χ4v) is 3.78. The second kappa shape index (κ2) is 13.1. The Hall–Kier alpha value is -3.86. The number of hydrogen-bond donors (Lipinski definition) is 6. The number of unbranched alkanes of at least 4 members (excludes halogenated alkanes) is 2. The van der Waals surface area contributed by atoms with Crippen LogP contribution in [0, 0.1) is 11.8 Å². The Balaban J connectivity index is 1.99. The molecule has 0 aliphatic carbocycles. The maximum absolute atomic E-state index is 12.8. The van der Waals surface area contributed by atoms with Crippen molar-refractivity contribution in [3.05, 3.63) is 41.7 Å². The molecule has 0 spiro atoms. The minimum Gasteiger partial charge on any atom is -0.507 e. The van der Waals surface area contributed by atoms with Gasteiger partial charge in [-0.2, -0.15) is 0 Å². The fraction of sp³-hybridized carbons (Fsp3) is 0.417. The van der Waals surface area contributed by atoms with Crippen LogP contribution in [0.4, 0.5) is 0 Å². The van der Waals surface area contributed by atoms with Gasteiger partial charge in [0.05, 0.1) is 12.6 Å². The van der Waals surface area contributed by atoms with Gasteiger partial charge in [-0.25, -0.2) is 10.3 Å². The van der Waals surface area contributed by atoms with Crippen LogP contribution in [-0.4, -0.2) is 45.8 Å². The minimum absolute atomic E-state index is 0.0540. The maximum Gasteiger partial charge on any atom is 0.339 e. The van der Waals surface area contributed by atoms with E-state index in [1.165, 1.54) is 30.3 Å². The molecule has 6 N–H and O–H groups in total. The van der Waals surface area contributed by atoms with E-state index < -0.39 is 41.3 Å². The van der Waals surface area contributed by atoms with Crippen molar-refractivity contribution in [3.8, 4) is 17.1 Å². The monoisotopic (exact) mass is 489 g/mol. The second-order valence-corrected chi connectivity index (χ2v) is 8.02. The largest absolute Gasteiger partial charge is 0.507 e. The first-order chi connectivity index (χ1) is 16.7. The van der Waals surface area contributed by atoms with E-state index in [0.717, 1.165) is 19.3 Å². The van der Waals surface area contributed by atoms with Gasteiger partial charge in [0.2, 0.25) is 11.8 Å². The molecular formula is C24H31N3O8.